The Kier molecular flexibility index (Phi) is 4.26. The molecule has 1 aliphatic heterocycles. The average molecular weight is 326 g/mol. The highest BCUT2D eigenvalue weighted by Gasteiger charge is 2.27. The summed E-state index contributed by atoms with van der Waals surface area (Å²) in [6.45, 7) is 1.00. The second-order valence-electron chi connectivity index (χ2n) is 4.11. The molecule has 1 aromatic carbocycles. The first kappa shape index (κ1) is 15.1. The predicted molar refractivity (Wildman–Crippen MR) is 66.1 cm³/mol. The van der Waals surface area contributed by atoms with Gasteiger partial charge < -0.3 is 9.64 Å². The van der Waals surface area contributed by atoms with Gasteiger partial charge in [0.1, 0.15) is 10.7 Å². The van der Waals surface area contributed by atoms with Crippen LogP contribution in [0.4, 0.5) is 8.78 Å². The summed E-state index contributed by atoms with van der Waals surface area (Å²) in [7, 11) is 0.538. The second kappa shape index (κ2) is 5.63. The molecule has 0 saturated carbocycles. The molecular formula is C11H10ClF2NO4S. The van der Waals surface area contributed by atoms with Crippen LogP contribution in [0, 0.1) is 11.6 Å². The second-order valence-corrected chi connectivity index (χ2v) is 6.64. The van der Waals surface area contributed by atoms with Gasteiger partial charge in [-0.1, -0.05) is 0 Å². The van der Waals surface area contributed by atoms with E-state index in [2.05, 4.69) is 0 Å². The molecule has 5 nitrogen and oxygen atoms in total. The van der Waals surface area contributed by atoms with Crippen molar-refractivity contribution in [3.63, 3.8) is 0 Å². The van der Waals surface area contributed by atoms with Gasteiger partial charge in [-0.3, -0.25) is 4.79 Å². The Balaban J connectivity index is 2.46. The molecule has 1 aromatic rings. The van der Waals surface area contributed by atoms with E-state index < -0.39 is 37.1 Å². The molecule has 20 heavy (non-hydrogen) atoms. The van der Waals surface area contributed by atoms with Crippen LogP contribution in [0.25, 0.3) is 0 Å². The Labute approximate surface area is 118 Å². The van der Waals surface area contributed by atoms with Crippen molar-refractivity contribution >= 4 is 25.6 Å². The maximum absolute atomic E-state index is 14.0. The zero-order chi connectivity index (χ0) is 14.9. The first-order valence-corrected chi connectivity index (χ1v) is 7.92. The number of carbonyl (C=O) groups excluding carboxylic acids is 1. The summed E-state index contributed by atoms with van der Waals surface area (Å²) in [6.07, 6.45) is 0. The molecule has 0 atom stereocenters. The molecule has 0 aliphatic carbocycles. The van der Waals surface area contributed by atoms with Gasteiger partial charge in [-0.25, -0.2) is 17.2 Å². The molecule has 0 N–H and O–H groups in total. The van der Waals surface area contributed by atoms with E-state index >= 15 is 0 Å². The van der Waals surface area contributed by atoms with Crippen LogP contribution in [-0.4, -0.2) is 45.5 Å². The van der Waals surface area contributed by atoms with Crippen LogP contribution in [0.15, 0.2) is 17.0 Å². The number of benzene rings is 1. The van der Waals surface area contributed by atoms with Gasteiger partial charge in [0.2, 0.25) is 0 Å². The molecule has 1 heterocycles. The highest BCUT2D eigenvalue weighted by Crippen LogP contribution is 2.24. The number of morpholine rings is 1. The third-order valence-corrected chi connectivity index (χ3v) is 4.12. The van der Waals surface area contributed by atoms with Crippen LogP contribution in [0.3, 0.4) is 0 Å². The van der Waals surface area contributed by atoms with Gasteiger partial charge >= 0.3 is 0 Å². The Morgan fingerprint density at radius 3 is 2.40 bits per heavy atom. The maximum Gasteiger partial charge on any atom is 0.264 e. The minimum atomic E-state index is -4.48. The first-order chi connectivity index (χ1) is 9.30. The summed E-state index contributed by atoms with van der Waals surface area (Å²) in [5, 5.41) is 0. The predicted octanol–water partition coefficient (Wildman–Crippen LogP) is 1.36. The van der Waals surface area contributed by atoms with E-state index in [1.54, 1.807) is 0 Å². The van der Waals surface area contributed by atoms with Gasteiger partial charge in [-0.05, 0) is 12.1 Å². The Morgan fingerprint density at radius 2 is 1.85 bits per heavy atom. The van der Waals surface area contributed by atoms with E-state index in [-0.39, 0.29) is 26.3 Å². The van der Waals surface area contributed by atoms with Crippen molar-refractivity contribution < 1.29 is 26.7 Å². The number of carbonyl (C=O) groups is 1. The summed E-state index contributed by atoms with van der Waals surface area (Å²) >= 11 is 0. The Bertz CT molecular complexity index is 644. The van der Waals surface area contributed by atoms with Crippen molar-refractivity contribution in [3.05, 3.63) is 29.3 Å². The van der Waals surface area contributed by atoms with Gasteiger partial charge in [-0.2, -0.15) is 0 Å². The fourth-order valence-corrected chi connectivity index (χ4v) is 2.75. The summed E-state index contributed by atoms with van der Waals surface area (Å²) in [4.78, 5) is 12.3. The normalized spacial score (nSPS) is 16.2. The number of amides is 1. The Hall–Kier alpha value is -1.25. The van der Waals surface area contributed by atoms with Crippen LogP contribution in [0.2, 0.25) is 0 Å². The minimum absolute atomic E-state index is 0.220. The van der Waals surface area contributed by atoms with Crippen LogP contribution in [0.1, 0.15) is 10.4 Å². The molecule has 0 bridgehead atoms. The maximum atomic E-state index is 14.0. The number of ether oxygens (including phenoxy) is 1. The molecular weight excluding hydrogens is 316 g/mol. The van der Waals surface area contributed by atoms with Crippen molar-refractivity contribution in [1.82, 2.24) is 4.90 Å². The number of nitrogens with zero attached hydrogens (tertiary/aromatic N) is 1. The molecule has 110 valence electrons. The van der Waals surface area contributed by atoms with Gasteiger partial charge in [0.25, 0.3) is 15.0 Å². The van der Waals surface area contributed by atoms with E-state index in [0.717, 1.165) is 0 Å². The van der Waals surface area contributed by atoms with Crippen molar-refractivity contribution in [1.29, 1.82) is 0 Å². The van der Waals surface area contributed by atoms with Crippen molar-refractivity contribution in [3.8, 4) is 0 Å². The van der Waals surface area contributed by atoms with Gasteiger partial charge in [0.05, 0.1) is 18.8 Å². The van der Waals surface area contributed by atoms with Crippen molar-refractivity contribution in [2.24, 2.45) is 0 Å². The number of rotatable bonds is 2. The summed E-state index contributed by atoms with van der Waals surface area (Å²) < 4.78 is 54.8. The first-order valence-electron chi connectivity index (χ1n) is 5.61. The molecule has 0 aromatic heterocycles. The van der Waals surface area contributed by atoms with Gasteiger partial charge in [0, 0.05) is 23.8 Å². The Morgan fingerprint density at radius 1 is 1.25 bits per heavy atom. The van der Waals surface area contributed by atoms with Crippen molar-refractivity contribution in [2.75, 3.05) is 26.3 Å². The van der Waals surface area contributed by atoms with E-state index in [0.29, 0.717) is 12.1 Å². The fraction of sp³-hybridized carbons (Fsp3) is 0.364. The molecule has 2 rings (SSSR count). The van der Waals surface area contributed by atoms with Crippen molar-refractivity contribution in [2.45, 2.75) is 4.90 Å². The lowest BCUT2D eigenvalue weighted by Gasteiger charge is -2.27. The smallest absolute Gasteiger partial charge is 0.264 e. The molecule has 1 amide bonds. The van der Waals surface area contributed by atoms with Gasteiger partial charge in [0.15, 0.2) is 5.82 Å². The van der Waals surface area contributed by atoms with Crippen LogP contribution >= 0.6 is 10.7 Å². The largest absolute Gasteiger partial charge is 0.378 e. The fourth-order valence-electron chi connectivity index (χ4n) is 1.83. The SMILES string of the molecule is O=C(c1cc(F)cc(S(=O)(=O)Cl)c1F)N1CCOCC1. The quantitative estimate of drug-likeness (QED) is 0.770. The lowest BCUT2D eigenvalue weighted by Crippen LogP contribution is -2.41. The lowest BCUT2D eigenvalue weighted by atomic mass is 10.1. The highest BCUT2D eigenvalue weighted by atomic mass is 35.7. The van der Waals surface area contributed by atoms with Gasteiger partial charge in [-0.15, -0.1) is 0 Å². The topological polar surface area (TPSA) is 63.7 Å². The standard InChI is InChI=1S/C11H10ClF2NO4S/c12-20(17,18)9-6-7(13)5-8(10(9)14)11(16)15-1-3-19-4-2-15/h5-6H,1-4H2. The monoisotopic (exact) mass is 325 g/mol. The molecule has 9 heteroatoms. The summed E-state index contributed by atoms with van der Waals surface area (Å²) in [5.41, 5.74) is -0.661. The van der Waals surface area contributed by atoms with Crippen LogP contribution in [-0.2, 0) is 13.8 Å². The summed E-state index contributed by atoms with van der Waals surface area (Å²) in [6, 6.07) is 1.09. The zero-order valence-corrected chi connectivity index (χ0v) is 11.7. The average Bonchev–Trinajstić information content (AvgIpc) is 2.40. The highest BCUT2D eigenvalue weighted by molar-refractivity contribution is 8.13. The lowest BCUT2D eigenvalue weighted by molar-refractivity contribution is 0.0299. The number of halogens is 3. The molecule has 0 radical (unpaired) electrons. The zero-order valence-electron chi connectivity index (χ0n) is 10.1. The summed E-state index contributed by atoms with van der Waals surface area (Å²) in [5.74, 6) is -3.20. The molecule has 0 unspecified atom stereocenters. The van der Waals surface area contributed by atoms with E-state index in [1.165, 1.54) is 4.90 Å². The third kappa shape index (κ3) is 3.08. The number of hydrogen-bond acceptors (Lipinski definition) is 4. The molecule has 1 aliphatic rings. The molecule has 0 spiro atoms. The molecule has 1 saturated heterocycles. The van der Waals surface area contributed by atoms with E-state index in [9.17, 15) is 22.0 Å². The third-order valence-electron chi connectivity index (χ3n) is 2.80. The van der Waals surface area contributed by atoms with E-state index in [4.69, 9.17) is 15.4 Å². The van der Waals surface area contributed by atoms with Crippen LogP contribution in [0.5, 0.6) is 0 Å². The minimum Gasteiger partial charge on any atom is -0.378 e. The number of hydrogen-bond donors (Lipinski definition) is 0. The molecule has 1 fully saturated rings. The van der Waals surface area contributed by atoms with Crippen LogP contribution < -0.4 is 0 Å². The van der Waals surface area contributed by atoms with E-state index in [1.807, 2.05) is 0 Å².